The first-order valence-electron chi connectivity index (χ1n) is 10.9. The molecule has 3 N–H and O–H groups in total. The number of hydroxylamine groups is 1. The van der Waals surface area contributed by atoms with Gasteiger partial charge in [0.25, 0.3) is 0 Å². The van der Waals surface area contributed by atoms with Gasteiger partial charge >= 0.3 is 0 Å². The number of nitrogens with one attached hydrogen (secondary N) is 2. The molecule has 6 nitrogen and oxygen atoms in total. The van der Waals surface area contributed by atoms with Crippen LogP contribution in [0, 0.1) is 0 Å². The highest BCUT2D eigenvalue weighted by molar-refractivity contribution is 6.30. The van der Waals surface area contributed by atoms with Gasteiger partial charge in [0.15, 0.2) is 0 Å². The zero-order valence-corrected chi connectivity index (χ0v) is 19.0. The van der Waals surface area contributed by atoms with Gasteiger partial charge in [-0.15, -0.1) is 0 Å². The summed E-state index contributed by atoms with van der Waals surface area (Å²) in [5.41, 5.74) is 4.19. The van der Waals surface area contributed by atoms with Gasteiger partial charge in [0.1, 0.15) is 0 Å². The van der Waals surface area contributed by atoms with Crippen molar-refractivity contribution in [2.45, 2.75) is 38.8 Å². The Hall–Kier alpha value is -1.96. The second-order valence-corrected chi connectivity index (χ2v) is 7.93. The monoisotopic (exact) mass is 447 g/mol. The molecule has 0 spiro atoms. The Morgan fingerprint density at radius 2 is 1.81 bits per heavy atom. The fourth-order valence-corrected chi connectivity index (χ4v) is 3.55. The Labute approximate surface area is 190 Å². The first kappa shape index (κ1) is 25.3. The Kier molecular flexibility index (Phi) is 12.2. The molecule has 1 heterocycles. The Balaban J connectivity index is 0.000000231. The van der Waals surface area contributed by atoms with Gasteiger partial charge in [0, 0.05) is 44.4 Å². The second kappa shape index (κ2) is 14.9. The molecule has 1 aliphatic heterocycles. The van der Waals surface area contributed by atoms with Crippen LogP contribution in [0.15, 0.2) is 54.6 Å². The summed E-state index contributed by atoms with van der Waals surface area (Å²) in [5, 5.41) is 12.6. The van der Waals surface area contributed by atoms with Crippen LogP contribution in [-0.4, -0.2) is 54.9 Å². The van der Waals surface area contributed by atoms with Crippen LogP contribution in [0.4, 0.5) is 0 Å². The average Bonchev–Trinajstić information content (AvgIpc) is 2.80. The maximum Gasteiger partial charge on any atom is 0.245 e. The van der Waals surface area contributed by atoms with Gasteiger partial charge in [0.05, 0.1) is 12.5 Å². The van der Waals surface area contributed by atoms with E-state index in [-0.39, 0.29) is 12.5 Å². The van der Waals surface area contributed by atoms with Crippen LogP contribution >= 0.6 is 11.6 Å². The van der Waals surface area contributed by atoms with Crippen molar-refractivity contribution in [2.75, 3.05) is 32.8 Å². The molecule has 0 aromatic heterocycles. The van der Waals surface area contributed by atoms with Crippen LogP contribution in [0.25, 0.3) is 0 Å². The van der Waals surface area contributed by atoms with Gasteiger partial charge in [-0.25, -0.2) is 5.48 Å². The van der Waals surface area contributed by atoms with Crippen LogP contribution in [0.1, 0.15) is 30.9 Å². The minimum atomic E-state index is -0.426. The van der Waals surface area contributed by atoms with E-state index >= 15 is 0 Å². The molecule has 0 aliphatic carbocycles. The van der Waals surface area contributed by atoms with E-state index in [0.29, 0.717) is 11.6 Å². The number of amides is 1. The SMILES string of the molecule is CCOC(CCc1ccc(Cl)cc1)CC(=O)NO.c1ccc(CN2CCNCC2)cc1. The molecule has 170 valence electrons. The predicted octanol–water partition coefficient (Wildman–Crippen LogP) is 3.67. The van der Waals surface area contributed by atoms with E-state index in [4.69, 9.17) is 21.5 Å². The summed E-state index contributed by atoms with van der Waals surface area (Å²) in [5.74, 6) is -0.426. The lowest BCUT2D eigenvalue weighted by Gasteiger charge is -2.27. The van der Waals surface area contributed by atoms with Crippen LogP contribution in [0.2, 0.25) is 5.02 Å². The fourth-order valence-electron chi connectivity index (χ4n) is 3.42. The standard InChI is InChI=1S/C13H18ClNO3.C11H16N2/c1-2-18-12(9-13(16)15-17)8-5-10-3-6-11(14)7-4-10;1-2-4-11(5-3-1)10-13-8-6-12-7-9-13/h3-4,6-7,12,17H,2,5,8-9H2,1H3,(H,15,16);1-5,12H,6-10H2. The van der Waals surface area contributed by atoms with Crippen molar-refractivity contribution >= 4 is 17.5 Å². The summed E-state index contributed by atoms with van der Waals surface area (Å²) in [6.07, 6.45) is 1.51. The lowest BCUT2D eigenvalue weighted by atomic mass is 10.0. The number of aryl methyl sites for hydroxylation is 1. The highest BCUT2D eigenvalue weighted by Gasteiger charge is 2.13. The Bertz CT molecular complexity index is 737. The highest BCUT2D eigenvalue weighted by Crippen LogP contribution is 2.14. The van der Waals surface area contributed by atoms with Crippen molar-refractivity contribution in [3.63, 3.8) is 0 Å². The smallest absolute Gasteiger partial charge is 0.245 e. The summed E-state index contributed by atoms with van der Waals surface area (Å²) < 4.78 is 5.46. The number of benzene rings is 2. The fraction of sp³-hybridized carbons (Fsp3) is 0.458. The second-order valence-electron chi connectivity index (χ2n) is 7.49. The first-order chi connectivity index (χ1) is 15.1. The zero-order valence-electron chi connectivity index (χ0n) is 18.2. The molecular formula is C24H34ClN3O3. The van der Waals surface area contributed by atoms with E-state index in [1.165, 1.54) is 18.7 Å². The topological polar surface area (TPSA) is 73.8 Å². The zero-order chi connectivity index (χ0) is 22.3. The number of ether oxygens (including phenoxy) is 1. The van der Waals surface area contributed by atoms with Crippen LogP contribution in [0.3, 0.4) is 0 Å². The van der Waals surface area contributed by atoms with Gasteiger partial charge in [-0.2, -0.15) is 0 Å². The van der Waals surface area contributed by atoms with Gasteiger partial charge in [0.2, 0.25) is 5.91 Å². The van der Waals surface area contributed by atoms with Crippen molar-refractivity contribution in [1.82, 2.24) is 15.7 Å². The van der Waals surface area contributed by atoms with Gasteiger partial charge in [-0.1, -0.05) is 54.1 Å². The number of piperazine rings is 1. The molecule has 1 fully saturated rings. The van der Waals surface area contributed by atoms with E-state index in [9.17, 15) is 4.79 Å². The largest absolute Gasteiger partial charge is 0.378 e. The molecule has 2 aromatic carbocycles. The number of carbonyl (C=O) groups excluding carboxylic acids is 1. The first-order valence-corrected chi connectivity index (χ1v) is 11.2. The lowest BCUT2D eigenvalue weighted by Crippen LogP contribution is -2.42. The maximum atomic E-state index is 11.1. The lowest BCUT2D eigenvalue weighted by molar-refractivity contribution is -0.132. The van der Waals surface area contributed by atoms with E-state index in [0.717, 1.165) is 38.0 Å². The van der Waals surface area contributed by atoms with E-state index in [1.807, 2.05) is 31.2 Å². The summed E-state index contributed by atoms with van der Waals surface area (Å²) in [6, 6.07) is 18.3. The van der Waals surface area contributed by atoms with Gasteiger partial charge in [-0.3, -0.25) is 14.9 Å². The van der Waals surface area contributed by atoms with E-state index in [1.54, 1.807) is 5.48 Å². The third-order valence-corrected chi connectivity index (χ3v) is 5.32. The quantitative estimate of drug-likeness (QED) is 0.404. The summed E-state index contributed by atoms with van der Waals surface area (Å²) >= 11 is 5.81. The molecule has 2 aromatic rings. The normalized spacial score (nSPS) is 14.9. The molecule has 31 heavy (non-hydrogen) atoms. The molecule has 1 aliphatic rings. The third kappa shape index (κ3) is 10.8. The van der Waals surface area contributed by atoms with Crippen LogP contribution < -0.4 is 10.8 Å². The Morgan fingerprint density at radius 1 is 1.13 bits per heavy atom. The van der Waals surface area contributed by atoms with Crippen molar-refractivity contribution in [2.24, 2.45) is 0 Å². The molecular weight excluding hydrogens is 414 g/mol. The molecule has 1 saturated heterocycles. The number of hydrogen-bond acceptors (Lipinski definition) is 5. The molecule has 7 heteroatoms. The number of rotatable bonds is 9. The van der Waals surface area contributed by atoms with E-state index < -0.39 is 5.91 Å². The van der Waals surface area contributed by atoms with Gasteiger partial charge < -0.3 is 10.1 Å². The van der Waals surface area contributed by atoms with Crippen LogP contribution in [0.5, 0.6) is 0 Å². The summed E-state index contributed by atoms with van der Waals surface area (Å²) in [4.78, 5) is 13.6. The van der Waals surface area contributed by atoms with Crippen molar-refractivity contribution < 1.29 is 14.7 Å². The third-order valence-electron chi connectivity index (χ3n) is 5.07. The number of hydrogen-bond donors (Lipinski definition) is 3. The number of nitrogens with zero attached hydrogens (tertiary/aromatic N) is 1. The maximum absolute atomic E-state index is 11.1. The molecule has 0 bridgehead atoms. The molecule has 1 amide bonds. The minimum Gasteiger partial charge on any atom is -0.378 e. The predicted molar refractivity (Wildman–Crippen MR) is 124 cm³/mol. The van der Waals surface area contributed by atoms with E-state index in [2.05, 4.69) is 40.5 Å². The molecule has 1 atom stereocenters. The minimum absolute atomic E-state index is 0.165. The molecule has 0 saturated carbocycles. The Morgan fingerprint density at radius 3 is 2.42 bits per heavy atom. The van der Waals surface area contributed by atoms with Crippen LogP contribution in [-0.2, 0) is 22.5 Å². The molecule has 0 radical (unpaired) electrons. The summed E-state index contributed by atoms with van der Waals surface area (Å²) in [6.45, 7) is 8.14. The number of halogens is 1. The molecule has 3 rings (SSSR count). The van der Waals surface area contributed by atoms with Crippen molar-refractivity contribution in [1.29, 1.82) is 0 Å². The summed E-state index contributed by atoms with van der Waals surface area (Å²) in [7, 11) is 0. The van der Waals surface area contributed by atoms with Crippen molar-refractivity contribution in [3.8, 4) is 0 Å². The van der Waals surface area contributed by atoms with Gasteiger partial charge in [-0.05, 0) is 43.0 Å². The van der Waals surface area contributed by atoms with Crippen molar-refractivity contribution in [3.05, 3.63) is 70.7 Å². The molecule has 1 unspecified atom stereocenters. The number of carbonyl (C=O) groups is 1. The average molecular weight is 448 g/mol. The highest BCUT2D eigenvalue weighted by atomic mass is 35.5.